The zero-order valence-electron chi connectivity index (χ0n) is 15.7. The van der Waals surface area contributed by atoms with Gasteiger partial charge in [-0.15, -0.1) is 5.10 Å². The Bertz CT molecular complexity index is 921. The summed E-state index contributed by atoms with van der Waals surface area (Å²) >= 11 is 0. The molecule has 1 aromatic heterocycles. The third-order valence-corrected chi connectivity index (χ3v) is 4.32. The quantitative estimate of drug-likeness (QED) is 0.632. The predicted octanol–water partition coefficient (Wildman–Crippen LogP) is 2.26. The van der Waals surface area contributed by atoms with Crippen molar-refractivity contribution in [1.29, 1.82) is 0 Å². The average molecular weight is 379 g/mol. The zero-order chi connectivity index (χ0) is 19.9. The highest BCUT2D eigenvalue weighted by Crippen LogP contribution is 2.19. The molecule has 3 aromatic rings. The maximum Gasteiger partial charge on any atom is 0.331 e. The van der Waals surface area contributed by atoms with Crippen LogP contribution < -0.4 is 5.32 Å². The summed E-state index contributed by atoms with van der Waals surface area (Å²) in [6, 6.07) is 14.4. The van der Waals surface area contributed by atoms with E-state index in [0.29, 0.717) is 6.42 Å². The number of rotatable bonds is 7. The minimum absolute atomic E-state index is 0.350. The molecule has 0 bridgehead atoms. The van der Waals surface area contributed by atoms with E-state index in [1.807, 2.05) is 62.4 Å². The number of ether oxygens (including phenoxy) is 1. The number of benzene rings is 2. The van der Waals surface area contributed by atoms with Gasteiger partial charge in [0.1, 0.15) is 6.33 Å². The van der Waals surface area contributed by atoms with E-state index in [1.54, 1.807) is 0 Å². The van der Waals surface area contributed by atoms with Crippen LogP contribution in [0.2, 0.25) is 0 Å². The number of carbonyl (C=O) groups is 2. The molecule has 0 fully saturated rings. The van der Waals surface area contributed by atoms with Gasteiger partial charge in [0.25, 0.3) is 5.91 Å². The van der Waals surface area contributed by atoms with Crippen molar-refractivity contribution >= 4 is 17.6 Å². The molecule has 3 rings (SSSR count). The maximum atomic E-state index is 12.6. The largest absolute Gasteiger partial charge is 0.454 e. The first-order valence-corrected chi connectivity index (χ1v) is 8.83. The fourth-order valence-corrected chi connectivity index (χ4v) is 2.85. The molecule has 1 N–H and O–H groups in total. The topological polar surface area (TPSA) is 99.0 Å². The van der Waals surface area contributed by atoms with Crippen LogP contribution >= 0.6 is 0 Å². The third kappa shape index (κ3) is 4.79. The smallest absolute Gasteiger partial charge is 0.331 e. The lowest BCUT2D eigenvalue weighted by Crippen LogP contribution is -2.28. The highest BCUT2D eigenvalue weighted by Gasteiger charge is 2.25. The Morgan fingerprint density at radius 3 is 2.43 bits per heavy atom. The van der Waals surface area contributed by atoms with Crippen LogP contribution in [0.3, 0.4) is 0 Å². The van der Waals surface area contributed by atoms with Crippen LogP contribution in [0.15, 0.2) is 54.9 Å². The maximum absolute atomic E-state index is 12.6. The van der Waals surface area contributed by atoms with E-state index in [0.717, 1.165) is 22.4 Å². The number of tetrazole rings is 1. The molecule has 0 saturated carbocycles. The number of carbonyl (C=O) groups excluding carboxylic acids is 2. The van der Waals surface area contributed by atoms with E-state index in [2.05, 4.69) is 20.8 Å². The Balaban J connectivity index is 1.64. The van der Waals surface area contributed by atoms with Gasteiger partial charge < -0.3 is 10.1 Å². The number of amides is 1. The molecule has 2 aromatic carbocycles. The molecular formula is C20H21N5O3. The molecule has 0 aliphatic carbocycles. The summed E-state index contributed by atoms with van der Waals surface area (Å²) < 4.78 is 6.58. The molecule has 1 amide bonds. The Labute approximate surface area is 162 Å². The fraction of sp³-hybridized carbons (Fsp3) is 0.250. The van der Waals surface area contributed by atoms with Crippen molar-refractivity contribution in [2.45, 2.75) is 26.3 Å². The van der Waals surface area contributed by atoms with Gasteiger partial charge >= 0.3 is 5.97 Å². The summed E-state index contributed by atoms with van der Waals surface area (Å²) in [4.78, 5) is 24.9. The van der Waals surface area contributed by atoms with Gasteiger partial charge in [0, 0.05) is 12.1 Å². The second kappa shape index (κ2) is 8.90. The van der Waals surface area contributed by atoms with E-state index < -0.39 is 17.9 Å². The lowest BCUT2D eigenvalue weighted by molar-refractivity contribution is -0.151. The number of aryl methyl sites for hydroxylation is 2. The van der Waals surface area contributed by atoms with E-state index in [9.17, 15) is 9.59 Å². The molecule has 8 heteroatoms. The van der Waals surface area contributed by atoms with E-state index in [-0.39, 0.29) is 6.61 Å². The molecule has 0 saturated heterocycles. The summed E-state index contributed by atoms with van der Waals surface area (Å²) in [6.45, 7) is 3.42. The minimum atomic E-state index is -0.759. The highest BCUT2D eigenvalue weighted by atomic mass is 16.5. The van der Waals surface area contributed by atoms with Gasteiger partial charge in [-0.25, -0.2) is 9.48 Å². The number of nitrogens with one attached hydrogen (secondary N) is 1. The molecule has 8 nitrogen and oxygen atoms in total. The molecule has 144 valence electrons. The van der Waals surface area contributed by atoms with Gasteiger partial charge in [-0.2, -0.15) is 0 Å². The number of hydrogen-bond acceptors (Lipinski definition) is 6. The summed E-state index contributed by atoms with van der Waals surface area (Å²) in [6.07, 6.45) is 1.70. The van der Waals surface area contributed by atoms with Crippen molar-refractivity contribution in [3.05, 3.63) is 71.5 Å². The van der Waals surface area contributed by atoms with Gasteiger partial charge in [-0.1, -0.05) is 48.5 Å². The van der Waals surface area contributed by atoms with Crippen LogP contribution in [-0.2, 0) is 20.7 Å². The van der Waals surface area contributed by atoms with Crippen molar-refractivity contribution < 1.29 is 14.3 Å². The van der Waals surface area contributed by atoms with Crippen molar-refractivity contribution in [1.82, 2.24) is 20.2 Å². The summed E-state index contributed by atoms with van der Waals surface area (Å²) in [5, 5.41) is 13.8. The number of anilines is 1. The molecule has 1 atom stereocenters. The van der Waals surface area contributed by atoms with Gasteiger partial charge in [0.05, 0.1) is 0 Å². The van der Waals surface area contributed by atoms with Crippen LogP contribution in [0.4, 0.5) is 5.69 Å². The van der Waals surface area contributed by atoms with Gasteiger partial charge in [-0.05, 0) is 41.0 Å². The van der Waals surface area contributed by atoms with Crippen molar-refractivity contribution in [2.24, 2.45) is 0 Å². The number of hydrogen-bond donors (Lipinski definition) is 1. The number of para-hydroxylation sites is 1. The Kier molecular flexibility index (Phi) is 6.11. The Hall–Kier alpha value is -3.55. The van der Waals surface area contributed by atoms with Gasteiger partial charge in [0.2, 0.25) is 0 Å². The van der Waals surface area contributed by atoms with Crippen LogP contribution in [-0.4, -0.2) is 38.7 Å². The van der Waals surface area contributed by atoms with Crippen LogP contribution in [0.5, 0.6) is 0 Å². The predicted molar refractivity (Wildman–Crippen MR) is 103 cm³/mol. The normalized spacial score (nSPS) is 11.6. The van der Waals surface area contributed by atoms with E-state index in [1.165, 1.54) is 11.0 Å². The van der Waals surface area contributed by atoms with E-state index >= 15 is 0 Å². The molecule has 28 heavy (non-hydrogen) atoms. The van der Waals surface area contributed by atoms with Gasteiger partial charge in [-0.3, -0.25) is 4.79 Å². The lowest BCUT2D eigenvalue weighted by Gasteiger charge is -2.16. The SMILES string of the molecule is Cc1cccc(C)c1NC(=O)COC(=O)[C@H](Cc1ccccc1)n1cnnn1. The first-order valence-electron chi connectivity index (χ1n) is 8.83. The first kappa shape index (κ1) is 19.2. The molecule has 0 unspecified atom stereocenters. The fourth-order valence-electron chi connectivity index (χ4n) is 2.85. The molecule has 0 aliphatic rings. The Morgan fingerprint density at radius 1 is 1.07 bits per heavy atom. The van der Waals surface area contributed by atoms with Crippen LogP contribution in [0.25, 0.3) is 0 Å². The monoisotopic (exact) mass is 379 g/mol. The third-order valence-electron chi connectivity index (χ3n) is 4.32. The van der Waals surface area contributed by atoms with Gasteiger partial charge in [0.15, 0.2) is 12.6 Å². The molecule has 0 radical (unpaired) electrons. The van der Waals surface area contributed by atoms with Crippen molar-refractivity contribution in [3.8, 4) is 0 Å². The number of esters is 1. The molecular weight excluding hydrogens is 358 g/mol. The highest BCUT2D eigenvalue weighted by molar-refractivity contribution is 5.94. The molecule has 0 aliphatic heterocycles. The van der Waals surface area contributed by atoms with Crippen LogP contribution in [0, 0.1) is 13.8 Å². The second-order valence-corrected chi connectivity index (χ2v) is 6.42. The zero-order valence-corrected chi connectivity index (χ0v) is 15.7. The lowest BCUT2D eigenvalue weighted by atomic mass is 10.1. The standard InChI is InChI=1S/C20H21N5O3/c1-14-7-6-8-15(2)19(14)22-18(26)12-28-20(27)17(25-13-21-23-24-25)11-16-9-4-3-5-10-16/h3-10,13,17H,11-12H2,1-2H3,(H,22,26)/t17-/m0/s1. The summed E-state index contributed by atoms with van der Waals surface area (Å²) in [5.41, 5.74) is 3.54. The summed E-state index contributed by atoms with van der Waals surface area (Å²) in [5.74, 6) is -0.978. The Morgan fingerprint density at radius 2 is 1.79 bits per heavy atom. The average Bonchev–Trinajstić information content (AvgIpc) is 3.22. The molecule has 1 heterocycles. The van der Waals surface area contributed by atoms with Crippen molar-refractivity contribution in [2.75, 3.05) is 11.9 Å². The number of aromatic nitrogens is 4. The van der Waals surface area contributed by atoms with Crippen LogP contribution in [0.1, 0.15) is 22.7 Å². The van der Waals surface area contributed by atoms with Crippen molar-refractivity contribution in [3.63, 3.8) is 0 Å². The second-order valence-electron chi connectivity index (χ2n) is 6.42. The minimum Gasteiger partial charge on any atom is -0.454 e. The first-order chi connectivity index (χ1) is 13.5. The number of nitrogens with zero attached hydrogens (tertiary/aromatic N) is 4. The van der Waals surface area contributed by atoms with E-state index in [4.69, 9.17) is 4.74 Å². The summed E-state index contributed by atoms with van der Waals surface area (Å²) in [7, 11) is 0. The molecule has 0 spiro atoms.